The van der Waals surface area contributed by atoms with E-state index in [0.717, 1.165) is 5.92 Å². The van der Waals surface area contributed by atoms with Crippen LogP contribution < -0.4 is 5.32 Å². The highest BCUT2D eigenvalue weighted by Gasteiger charge is 2.17. The largest absolute Gasteiger partial charge is 0.350 e. The van der Waals surface area contributed by atoms with Crippen molar-refractivity contribution in [2.45, 2.75) is 33.1 Å². The molecule has 3 rings (SSSR count). The highest BCUT2D eigenvalue weighted by Crippen LogP contribution is 2.29. The van der Waals surface area contributed by atoms with Gasteiger partial charge in [-0.2, -0.15) is 0 Å². The number of nitrogens with zero attached hydrogens (tertiary/aromatic N) is 1. The molecule has 0 radical (unpaired) electrons. The fourth-order valence-electron chi connectivity index (χ4n) is 3.60. The number of rotatable bonds is 2. The Balaban J connectivity index is 1.99. The van der Waals surface area contributed by atoms with Crippen molar-refractivity contribution in [1.29, 1.82) is 0 Å². The normalized spacial score (nSPS) is 17.2. The molecule has 2 aromatic rings. The summed E-state index contributed by atoms with van der Waals surface area (Å²) in [7, 11) is 2.18. The summed E-state index contributed by atoms with van der Waals surface area (Å²) >= 11 is 0. The zero-order valence-corrected chi connectivity index (χ0v) is 12.3. The molecule has 19 heavy (non-hydrogen) atoms. The molecule has 1 N–H and O–H groups in total. The van der Waals surface area contributed by atoms with Crippen LogP contribution in [0.4, 0.5) is 0 Å². The van der Waals surface area contributed by atoms with E-state index in [1.165, 1.54) is 59.9 Å². The van der Waals surface area contributed by atoms with Gasteiger partial charge in [0.05, 0.1) is 5.52 Å². The molecule has 0 amide bonds. The summed E-state index contributed by atoms with van der Waals surface area (Å²) in [6, 6.07) is 4.65. The fourth-order valence-corrected chi connectivity index (χ4v) is 3.60. The second-order valence-electron chi connectivity index (χ2n) is 6.14. The van der Waals surface area contributed by atoms with E-state index in [4.69, 9.17) is 0 Å². The van der Waals surface area contributed by atoms with Crippen LogP contribution in [-0.2, 0) is 13.5 Å². The first-order valence-electron chi connectivity index (χ1n) is 7.41. The van der Waals surface area contributed by atoms with E-state index >= 15 is 0 Å². The van der Waals surface area contributed by atoms with E-state index in [2.05, 4.69) is 49.1 Å². The summed E-state index contributed by atoms with van der Waals surface area (Å²) in [5.74, 6) is 0.854. The lowest BCUT2D eigenvalue weighted by Gasteiger charge is -2.22. The summed E-state index contributed by atoms with van der Waals surface area (Å²) in [5, 5.41) is 4.93. The van der Waals surface area contributed by atoms with E-state index in [1.807, 2.05) is 0 Å². The van der Waals surface area contributed by atoms with Crippen molar-refractivity contribution in [1.82, 2.24) is 9.88 Å². The molecule has 2 nitrogen and oxygen atoms in total. The lowest BCUT2D eigenvalue weighted by Crippen LogP contribution is -2.28. The van der Waals surface area contributed by atoms with Crippen LogP contribution in [0.1, 0.15) is 29.5 Å². The van der Waals surface area contributed by atoms with Crippen LogP contribution in [0.15, 0.2) is 18.3 Å². The van der Waals surface area contributed by atoms with Crippen LogP contribution in [0.2, 0.25) is 0 Å². The third kappa shape index (κ3) is 2.42. The third-order valence-corrected chi connectivity index (χ3v) is 4.46. The van der Waals surface area contributed by atoms with Gasteiger partial charge in [-0.05, 0) is 69.3 Å². The molecular weight excluding hydrogens is 232 g/mol. The molecule has 2 heterocycles. The van der Waals surface area contributed by atoms with Gasteiger partial charge in [0.1, 0.15) is 0 Å². The topological polar surface area (TPSA) is 17.0 Å². The molecule has 1 aromatic heterocycles. The van der Waals surface area contributed by atoms with Crippen molar-refractivity contribution in [2.24, 2.45) is 13.0 Å². The zero-order chi connectivity index (χ0) is 13.4. The van der Waals surface area contributed by atoms with Gasteiger partial charge in [0, 0.05) is 18.6 Å². The molecule has 1 aromatic carbocycles. The van der Waals surface area contributed by atoms with Gasteiger partial charge in [-0.1, -0.05) is 11.6 Å². The summed E-state index contributed by atoms with van der Waals surface area (Å²) in [5.41, 5.74) is 5.72. The molecule has 1 aliphatic rings. The average molecular weight is 256 g/mol. The second kappa shape index (κ2) is 5.01. The molecule has 0 bridgehead atoms. The van der Waals surface area contributed by atoms with Crippen LogP contribution in [-0.4, -0.2) is 17.7 Å². The van der Waals surface area contributed by atoms with Crippen molar-refractivity contribution in [3.8, 4) is 0 Å². The van der Waals surface area contributed by atoms with Gasteiger partial charge < -0.3 is 9.88 Å². The van der Waals surface area contributed by atoms with E-state index in [0.29, 0.717) is 0 Å². The van der Waals surface area contributed by atoms with Crippen LogP contribution in [0.25, 0.3) is 10.9 Å². The summed E-state index contributed by atoms with van der Waals surface area (Å²) in [6.45, 7) is 6.80. The minimum absolute atomic E-state index is 0.854. The molecule has 0 unspecified atom stereocenters. The van der Waals surface area contributed by atoms with Gasteiger partial charge >= 0.3 is 0 Å². The van der Waals surface area contributed by atoms with Gasteiger partial charge in [0.2, 0.25) is 0 Å². The Morgan fingerprint density at radius 1 is 1.21 bits per heavy atom. The van der Waals surface area contributed by atoms with Crippen molar-refractivity contribution in [3.05, 3.63) is 35.0 Å². The summed E-state index contributed by atoms with van der Waals surface area (Å²) < 4.78 is 2.31. The van der Waals surface area contributed by atoms with Crippen LogP contribution in [0, 0.1) is 19.8 Å². The van der Waals surface area contributed by atoms with Gasteiger partial charge in [0.15, 0.2) is 0 Å². The highest BCUT2D eigenvalue weighted by molar-refractivity contribution is 5.87. The van der Waals surface area contributed by atoms with Gasteiger partial charge in [-0.25, -0.2) is 0 Å². The average Bonchev–Trinajstić information content (AvgIpc) is 2.67. The number of nitrogens with one attached hydrogen (secondary N) is 1. The van der Waals surface area contributed by atoms with Crippen molar-refractivity contribution in [2.75, 3.05) is 13.1 Å². The standard InChI is InChI=1S/C17H24N2/c1-12-8-13(2)17-16(9-12)15(11-19(17)3)10-14-4-6-18-7-5-14/h8-9,11,14,18H,4-7,10H2,1-3H3. The Labute approximate surface area is 115 Å². The monoisotopic (exact) mass is 256 g/mol. The van der Waals surface area contributed by atoms with Crippen LogP contribution in [0.3, 0.4) is 0 Å². The first-order valence-corrected chi connectivity index (χ1v) is 7.41. The van der Waals surface area contributed by atoms with Crippen LogP contribution in [0.5, 0.6) is 0 Å². The number of hydrogen-bond acceptors (Lipinski definition) is 1. The molecule has 0 saturated carbocycles. The molecule has 1 fully saturated rings. The number of hydrogen-bond donors (Lipinski definition) is 1. The van der Waals surface area contributed by atoms with Gasteiger partial charge in [-0.3, -0.25) is 0 Å². The smallest absolute Gasteiger partial charge is 0.0510 e. The molecule has 0 atom stereocenters. The predicted octanol–water partition coefficient (Wildman–Crippen LogP) is 3.34. The number of aryl methyl sites for hydroxylation is 3. The van der Waals surface area contributed by atoms with E-state index in [-0.39, 0.29) is 0 Å². The Morgan fingerprint density at radius 3 is 2.68 bits per heavy atom. The third-order valence-electron chi connectivity index (χ3n) is 4.46. The molecule has 1 saturated heterocycles. The first kappa shape index (κ1) is 12.7. The van der Waals surface area contributed by atoms with E-state index in [9.17, 15) is 0 Å². The lowest BCUT2D eigenvalue weighted by atomic mass is 9.90. The number of aromatic nitrogens is 1. The molecule has 0 spiro atoms. The molecular formula is C17H24N2. The maximum absolute atomic E-state index is 3.46. The van der Waals surface area contributed by atoms with Crippen molar-refractivity contribution in [3.63, 3.8) is 0 Å². The molecule has 1 aliphatic heterocycles. The molecule has 0 aliphatic carbocycles. The minimum atomic E-state index is 0.854. The fraction of sp³-hybridized carbons (Fsp3) is 0.529. The van der Waals surface area contributed by atoms with Crippen LogP contribution >= 0.6 is 0 Å². The first-order chi connectivity index (χ1) is 9.15. The Kier molecular flexibility index (Phi) is 3.36. The minimum Gasteiger partial charge on any atom is -0.350 e. The molecule has 2 heteroatoms. The lowest BCUT2D eigenvalue weighted by molar-refractivity contribution is 0.373. The SMILES string of the molecule is Cc1cc(C)c2c(c1)c(CC1CCNCC1)cn2C. The summed E-state index contributed by atoms with van der Waals surface area (Å²) in [6.07, 6.45) is 6.23. The maximum Gasteiger partial charge on any atom is 0.0510 e. The predicted molar refractivity (Wildman–Crippen MR) is 81.7 cm³/mol. The second-order valence-corrected chi connectivity index (χ2v) is 6.14. The van der Waals surface area contributed by atoms with Crippen molar-refractivity contribution < 1.29 is 0 Å². The summed E-state index contributed by atoms with van der Waals surface area (Å²) in [4.78, 5) is 0. The number of fused-ring (bicyclic) bond motifs is 1. The number of piperidine rings is 1. The molecule has 102 valence electrons. The Morgan fingerprint density at radius 2 is 1.95 bits per heavy atom. The highest BCUT2D eigenvalue weighted by atomic mass is 14.9. The van der Waals surface area contributed by atoms with E-state index in [1.54, 1.807) is 0 Å². The Hall–Kier alpha value is -1.28. The Bertz CT molecular complexity index is 589. The van der Waals surface area contributed by atoms with Crippen molar-refractivity contribution >= 4 is 10.9 Å². The van der Waals surface area contributed by atoms with Gasteiger partial charge in [0.25, 0.3) is 0 Å². The quantitative estimate of drug-likeness (QED) is 0.872. The maximum atomic E-state index is 3.46. The number of benzene rings is 1. The van der Waals surface area contributed by atoms with Gasteiger partial charge in [-0.15, -0.1) is 0 Å². The zero-order valence-electron chi connectivity index (χ0n) is 12.3. The van der Waals surface area contributed by atoms with E-state index < -0.39 is 0 Å².